The van der Waals surface area contributed by atoms with Crippen molar-refractivity contribution in [3.8, 4) is 0 Å². The number of hydrogen-bond donors (Lipinski definition) is 1. The molecule has 0 bridgehead atoms. The summed E-state index contributed by atoms with van der Waals surface area (Å²) in [5, 5.41) is 3.01. The normalized spacial score (nSPS) is 28.1. The lowest BCUT2D eigenvalue weighted by Gasteiger charge is -2.33. The molecule has 1 saturated heterocycles. The smallest absolute Gasteiger partial charge is 0.317 e. The Balaban J connectivity index is 1.71. The Morgan fingerprint density at radius 3 is 2.76 bits per heavy atom. The van der Waals surface area contributed by atoms with Crippen LogP contribution in [0.5, 0.6) is 0 Å². The van der Waals surface area contributed by atoms with Crippen LogP contribution in [0.3, 0.4) is 0 Å². The van der Waals surface area contributed by atoms with Crippen molar-refractivity contribution in [2.24, 2.45) is 5.92 Å². The number of esters is 1. The SMILES string of the molecule is COC(=O)CCCCNC(=O)N1[C@H](C)C[C@@H]2CCCC[C@@H]21. The Morgan fingerprint density at radius 1 is 1.24 bits per heavy atom. The molecule has 5 heteroatoms. The molecule has 1 N–H and O–H groups in total. The van der Waals surface area contributed by atoms with E-state index in [-0.39, 0.29) is 12.0 Å². The summed E-state index contributed by atoms with van der Waals surface area (Å²) in [5.41, 5.74) is 0. The van der Waals surface area contributed by atoms with E-state index in [1.807, 2.05) is 0 Å². The number of rotatable bonds is 5. The summed E-state index contributed by atoms with van der Waals surface area (Å²) in [4.78, 5) is 25.5. The maximum Gasteiger partial charge on any atom is 0.317 e. The minimum Gasteiger partial charge on any atom is -0.469 e. The Morgan fingerprint density at radius 2 is 2.00 bits per heavy atom. The van der Waals surface area contributed by atoms with E-state index in [0.717, 1.165) is 25.7 Å². The monoisotopic (exact) mass is 296 g/mol. The van der Waals surface area contributed by atoms with E-state index in [2.05, 4.69) is 21.9 Å². The second-order valence-electron chi connectivity index (χ2n) is 6.37. The van der Waals surface area contributed by atoms with Crippen LogP contribution in [0.2, 0.25) is 0 Å². The molecule has 21 heavy (non-hydrogen) atoms. The Kier molecular flexibility index (Phi) is 5.88. The second kappa shape index (κ2) is 7.66. The third-order valence-corrected chi connectivity index (χ3v) is 4.89. The highest BCUT2D eigenvalue weighted by atomic mass is 16.5. The fourth-order valence-corrected chi connectivity index (χ4v) is 3.84. The number of urea groups is 1. The first-order chi connectivity index (χ1) is 10.1. The zero-order valence-corrected chi connectivity index (χ0v) is 13.3. The van der Waals surface area contributed by atoms with E-state index in [1.54, 1.807) is 0 Å². The first-order valence-corrected chi connectivity index (χ1v) is 8.26. The molecule has 0 aromatic carbocycles. The predicted octanol–water partition coefficient (Wildman–Crippen LogP) is 2.69. The van der Waals surface area contributed by atoms with Crippen LogP contribution in [0.4, 0.5) is 4.79 Å². The quantitative estimate of drug-likeness (QED) is 0.627. The molecule has 0 aromatic heterocycles. The second-order valence-corrected chi connectivity index (χ2v) is 6.37. The fourth-order valence-electron chi connectivity index (χ4n) is 3.84. The lowest BCUT2D eigenvalue weighted by Crippen LogP contribution is -2.47. The van der Waals surface area contributed by atoms with E-state index in [0.29, 0.717) is 31.0 Å². The van der Waals surface area contributed by atoms with Gasteiger partial charge < -0.3 is 15.0 Å². The van der Waals surface area contributed by atoms with Gasteiger partial charge in [0.15, 0.2) is 0 Å². The lowest BCUT2D eigenvalue weighted by molar-refractivity contribution is -0.140. The summed E-state index contributed by atoms with van der Waals surface area (Å²) in [6.07, 6.45) is 8.15. The number of hydrogen-bond acceptors (Lipinski definition) is 3. The first kappa shape index (κ1) is 16.1. The molecule has 1 aliphatic carbocycles. The van der Waals surface area contributed by atoms with Crippen molar-refractivity contribution in [1.82, 2.24) is 10.2 Å². The Labute approximate surface area is 127 Å². The van der Waals surface area contributed by atoms with Gasteiger partial charge in [0, 0.05) is 25.0 Å². The van der Waals surface area contributed by atoms with Crippen molar-refractivity contribution in [1.29, 1.82) is 0 Å². The Bertz CT molecular complexity index is 373. The van der Waals surface area contributed by atoms with Gasteiger partial charge in [0.2, 0.25) is 0 Å². The van der Waals surface area contributed by atoms with Crippen molar-refractivity contribution >= 4 is 12.0 Å². The number of fused-ring (bicyclic) bond motifs is 1. The molecule has 5 nitrogen and oxygen atoms in total. The zero-order chi connectivity index (χ0) is 15.2. The van der Waals surface area contributed by atoms with E-state index >= 15 is 0 Å². The maximum atomic E-state index is 12.4. The molecule has 2 rings (SSSR count). The predicted molar refractivity (Wildman–Crippen MR) is 80.9 cm³/mol. The van der Waals surface area contributed by atoms with Gasteiger partial charge in [-0.25, -0.2) is 4.79 Å². The van der Waals surface area contributed by atoms with Crippen LogP contribution in [0.1, 0.15) is 58.3 Å². The Hall–Kier alpha value is -1.26. The number of methoxy groups -OCH3 is 1. The molecule has 1 saturated carbocycles. The van der Waals surface area contributed by atoms with Crippen LogP contribution < -0.4 is 5.32 Å². The van der Waals surface area contributed by atoms with Gasteiger partial charge in [-0.3, -0.25) is 4.79 Å². The van der Waals surface area contributed by atoms with Crippen LogP contribution in [0.25, 0.3) is 0 Å². The van der Waals surface area contributed by atoms with Gasteiger partial charge in [0.25, 0.3) is 0 Å². The topological polar surface area (TPSA) is 58.6 Å². The number of amides is 2. The van der Waals surface area contributed by atoms with Crippen LogP contribution in [-0.4, -0.2) is 42.6 Å². The number of unbranched alkanes of at least 4 members (excludes halogenated alkanes) is 1. The van der Waals surface area contributed by atoms with Crippen LogP contribution in [-0.2, 0) is 9.53 Å². The minimum atomic E-state index is -0.181. The molecule has 0 radical (unpaired) electrons. The van der Waals surface area contributed by atoms with Crippen molar-refractivity contribution in [3.05, 3.63) is 0 Å². The number of nitrogens with one attached hydrogen (secondary N) is 1. The molecule has 0 spiro atoms. The third-order valence-electron chi connectivity index (χ3n) is 4.89. The van der Waals surface area contributed by atoms with Crippen LogP contribution in [0.15, 0.2) is 0 Å². The van der Waals surface area contributed by atoms with Gasteiger partial charge in [-0.15, -0.1) is 0 Å². The molecule has 1 aliphatic heterocycles. The zero-order valence-electron chi connectivity index (χ0n) is 13.3. The summed E-state index contributed by atoms with van der Waals surface area (Å²) in [5.74, 6) is 0.526. The summed E-state index contributed by atoms with van der Waals surface area (Å²) >= 11 is 0. The highest BCUT2D eigenvalue weighted by Crippen LogP contribution is 2.39. The molecule has 2 amide bonds. The molecular weight excluding hydrogens is 268 g/mol. The molecule has 2 fully saturated rings. The molecule has 3 atom stereocenters. The summed E-state index contributed by atoms with van der Waals surface area (Å²) in [6.45, 7) is 2.80. The number of ether oxygens (including phenoxy) is 1. The average Bonchev–Trinajstić information content (AvgIpc) is 2.82. The number of carbonyl (C=O) groups is 2. The third kappa shape index (κ3) is 4.11. The summed E-state index contributed by atoms with van der Waals surface area (Å²) in [6, 6.07) is 0.881. The van der Waals surface area contributed by atoms with E-state index in [1.165, 1.54) is 26.4 Å². The maximum absolute atomic E-state index is 12.4. The summed E-state index contributed by atoms with van der Waals surface area (Å²) < 4.78 is 4.60. The van der Waals surface area contributed by atoms with Gasteiger partial charge in [-0.1, -0.05) is 12.8 Å². The highest BCUT2D eigenvalue weighted by molar-refractivity contribution is 5.75. The van der Waals surface area contributed by atoms with Crippen molar-refractivity contribution in [2.75, 3.05) is 13.7 Å². The number of carbonyl (C=O) groups excluding carboxylic acids is 2. The number of likely N-dealkylation sites (tertiary alicyclic amines) is 1. The molecule has 1 heterocycles. The lowest BCUT2D eigenvalue weighted by atomic mass is 9.85. The van der Waals surface area contributed by atoms with Gasteiger partial charge >= 0.3 is 12.0 Å². The van der Waals surface area contributed by atoms with Gasteiger partial charge in [0.05, 0.1) is 7.11 Å². The van der Waals surface area contributed by atoms with E-state index < -0.39 is 0 Å². The first-order valence-electron chi connectivity index (χ1n) is 8.26. The van der Waals surface area contributed by atoms with E-state index in [4.69, 9.17) is 0 Å². The molecular formula is C16H28N2O3. The molecule has 120 valence electrons. The van der Waals surface area contributed by atoms with Gasteiger partial charge in [0.1, 0.15) is 0 Å². The van der Waals surface area contributed by atoms with Crippen molar-refractivity contribution in [2.45, 2.75) is 70.4 Å². The minimum absolute atomic E-state index is 0.0787. The standard InChI is InChI=1S/C16H28N2O3/c1-12-11-13-7-3-4-8-14(13)18(12)16(20)17-10-6-5-9-15(19)21-2/h12-14H,3-11H2,1-2H3,(H,17,20)/t12-,13+,14+/m1/s1. The molecule has 0 aromatic rings. The van der Waals surface area contributed by atoms with Gasteiger partial charge in [-0.2, -0.15) is 0 Å². The average molecular weight is 296 g/mol. The molecule has 2 aliphatic rings. The largest absolute Gasteiger partial charge is 0.469 e. The summed E-state index contributed by atoms with van der Waals surface area (Å²) in [7, 11) is 1.40. The van der Waals surface area contributed by atoms with Gasteiger partial charge in [-0.05, 0) is 44.9 Å². The molecule has 0 unspecified atom stereocenters. The number of nitrogens with zero attached hydrogens (tertiary/aromatic N) is 1. The van der Waals surface area contributed by atoms with Crippen LogP contribution in [0, 0.1) is 5.92 Å². The van der Waals surface area contributed by atoms with Crippen molar-refractivity contribution < 1.29 is 14.3 Å². The van der Waals surface area contributed by atoms with E-state index in [9.17, 15) is 9.59 Å². The highest BCUT2D eigenvalue weighted by Gasteiger charge is 2.42. The van der Waals surface area contributed by atoms with Crippen molar-refractivity contribution in [3.63, 3.8) is 0 Å². The fraction of sp³-hybridized carbons (Fsp3) is 0.875. The van der Waals surface area contributed by atoms with Crippen LogP contribution >= 0.6 is 0 Å².